The number of nitrogens with one attached hydrogen (secondary N) is 3. The van der Waals surface area contributed by atoms with Crippen molar-refractivity contribution >= 4 is 34.8 Å². The van der Waals surface area contributed by atoms with E-state index >= 15 is 0 Å². The third-order valence-corrected chi connectivity index (χ3v) is 3.90. The van der Waals surface area contributed by atoms with Gasteiger partial charge in [-0.25, -0.2) is 9.97 Å². The van der Waals surface area contributed by atoms with E-state index in [0.29, 0.717) is 33.7 Å². The Balaban J connectivity index is 1.81. The second kappa shape index (κ2) is 7.37. The molecule has 1 aromatic carbocycles. The molecule has 2 aromatic heterocycles. The second-order valence-corrected chi connectivity index (χ2v) is 6.06. The smallest absolute Gasteiger partial charge is 0.257 e. The minimum absolute atomic E-state index is 0.265. The van der Waals surface area contributed by atoms with Gasteiger partial charge in [-0.05, 0) is 31.5 Å². The van der Waals surface area contributed by atoms with Crippen LogP contribution < -0.4 is 16.2 Å². The van der Waals surface area contributed by atoms with Crippen molar-refractivity contribution in [2.75, 3.05) is 10.6 Å². The summed E-state index contributed by atoms with van der Waals surface area (Å²) in [4.78, 5) is 34.9. The van der Waals surface area contributed by atoms with E-state index in [9.17, 15) is 9.59 Å². The lowest BCUT2D eigenvalue weighted by Crippen LogP contribution is -2.14. The van der Waals surface area contributed by atoms with Gasteiger partial charge in [0.15, 0.2) is 0 Å². The fourth-order valence-corrected chi connectivity index (χ4v) is 2.77. The van der Waals surface area contributed by atoms with Gasteiger partial charge in [0.25, 0.3) is 11.5 Å². The molecule has 0 aliphatic carbocycles. The van der Waals surface area contributed by atoms with Crippen LogP contribution in [0.15, 0.2) is 47.4 Å². The topological polar surface area (TPSA) is 99.8 Å². The number of carbonyl (C=O) groups is 1. The number of pyridine rings is 1. The summed E-state index contributed by atoms with van der Waals surface area (Å²) in [6.07, 6.45) is 1.54. The first-order valence-corrected chi connectivity index (χ1v) is 8.17. The molecule has 3 rings (SSSR count). The summed E-state index contributed by atoms with van der Waals surface area (Å²) in [7, 11) is 0. The standard InChI is InChI=1S/C18H16ClN5O2/c1-10-4-3-5-13(19)17(10)18(26)23-12-6-7-20-14(8-12)24-15-9-16(25)22-11(2)21-15/h3-9H,1-2H3,(H3,20,21,22,23,24,25,26). The second-order valence-electron chi connectivity index (χ2n) is 5.66. The highest BCUT2D eigenvalue weighted by Crippen LogP contribution is 2.22. The number of aryl methyl sites for hydroxylation is 2. The van der Waals surface area contributed by atoms with Crippen molar-refractivity contribution in [2.45, 2.75) is 13.8 Å². The SMILES string of the molecule is Cc1nc(Nc2cc(NC(=O)c3c(C)cccc3Cl)ccn2)cc(=O)[nH]1. The largest absolute Gasteiger partial charge is 0.325 e. The van der Waals surface area contributed by atoms with Gasteiger partial charge in [0.05, 0.1) is 10.6 Å². The van der Waals surface area contributed by atoms with Crippen molar-refractivity contribution in [2.24, 2.45) is 0 Å². The molecule has 0 aliphatic heterocycles. The van der Waals surface area contributed by atoms with E-state index in [4.69, 9.17) is 11.6 Å². The minimum Gasteiger partial charge on any atom is -0.325 e. The zero-order valence-corrected chi connectivity index (χ0v) is 14.9. The molecule has 0 aliphatic rings. The summed E-state index contributed by atoms with van der Waals surface area (Å²) in [5, 5.41) is 6.13. The number of carbonyl (C=O) groups excluding carboxylic acids is 1. The summed E-state index contributed by atoms with van der Waals surface area (Å²) in [6, 6.07) is 9.91. The van der Waals surface area contributed by atoms with Gasteiger partial charge in [0.2, 0.25) is 0 Å². The Morgan fingerprint density at radius 2 is 1.96 bits per heavy atom. The van der Waals surface area contributed by atoms with Crippen LogP contribution in [-0.4, -0.2) is 20.9 Å². The highest BCUT2D eigenvalue weighted by Gasteiger charge is 2.13. The summed E-state index contributed by atoms with van der Waals surface area (Å²) < 4.78 is 0. The third-order valence-electron chi connectivity index (χ3n) is 3.58. The molecule has 26 heavy (non-hydrogen) atoms. The Morgan fingerprint density at radius 3 is 2.69 bits per heavy atom. The van der Waals surface area contributed by atoms with Gasteiger partial charge in [-0.15, -0.1) is 0 Å². The number of hydrogen-bond donors (Lipinski definition) is 3. The van der Waals surface area contributed by atoms with Gasteiger partial charge in [-0.2, -0.15) is 0 Å². The molecular weight excluding hydrogens is 354 g/mol. The van der Waals surface area contributed by atoms with Crippen molar-refractivity contribution in [1.29, 1.82) is 0 Å². The Kier molecular flexibility index (Phi) is 4.99. The van der Waals surface area contributed by atoms with Crippen LogP contribution in [0.1, 0.15) is 21.7 Å². The number of aromatic nitrogens is 3. The average Bonchev–Trinajstić information content (AvgIpc) is 2.54. The molecule has 0 fully saturated rings. The molecule has 0 atom stereocenters. The van der Waals surface area contributed by atoms with Crippen LogP contribution in [0.2, 0.25) is 5.02 Å². The summed E-state index contributed by atoms with van der Waals surface area (Å²) in [5.41, 5.74) is 1.48. The van der Waals surface area contributed by atoms with Crippen molar-refractivity contribution < 1.29 is 4.79 Å². The number of aromatic amines is 1. The number of anilines is 3. The van der Waals surface area contributed by atoms with E-state index in [2.05, 4.69) is 25.6 Å². The number of rotatable bonds is 4. The molecule has 0 radical (unpaired) electrons. The van der Waals surface area contributed by atoms with E-state index in [1.165, 1.54) is 12.3 Å². The van der Waals surface area contributed by atoms with E-state index in [1.807, 2.05) is 13.0 Å². The van der Waals surface area contributed by atoms with Crippen LogP contribution in [0.5, 0.6) is 0 Å². The van der Waals surface area contributed by atoms with Crippen LogP contribution >= 0.6 is 11.6 Å². The predicted octanol–water partition coefficient (Wildman–Crippen LogP) is 3.43. The number of benzene rings is 1. The molecular formula is C18H16ClN5O2. The minimum atomic E-state index is -0.310. The summed E-state index contributed by atoms with van der Waals surface area (Å²) in [5.74, 6) is 0.981. The van der Waals surface area contributed by atoms with Crippen LogP contribution in [0.25, 0.3) is 0 Å². The number of nitrogens with zero attached hydrogens (tertiary/aromatic N) is 2. The Morgan fingerprint density at radius 1 is 1.15 bits per heavy atom. The predicted molar refractivity (Wildman–Crippen MR) is 101 cm³/mol. The Hall–Kier alpha value is -3.19. The maximum atomic E-state index is 12.5. The molecule has 132 valence electrons. The summed E-state index contributed by atoms with van der Waals surface area (Å²) in [6.45, 7) is 3.50. The van der Waals surface area contributed by atoms with E-state index in [0.717, 1.165) is 5.56 Å². The normalized spacial score (nSPS) is 10.4. The number of H-pyrrole nitrogens is 1. The summed E-state index contributed by atoms with van der Waals surface area (Å²) >= 11 is 6.13. The fraction of sp³-hybridized carbons (Fsp3) is 0.111. The molecule has 2 heterocycles. The van der Waals surface area contributed by atoms with E-state index < -0.39 is 0 Å². The van der Waals surface area contributed by atoms with Crippen molar-refractivity contribution in [3.8, 4) is 0 Å². The molecule has 7 nitrogen and oxygen atoms in total. The molecule has 0 unspecified atom stereocenters. The molecule has 0 saturated carbocycles. The van der Waals surface area contributed by atoms with Gasteiger partial charge >= 0.3 is 0 Å². The lowest BCUT2D eigenvalue weighted by molar-refractivity contribution is 0.102. The van der Waals surface area contributed by atoms with Gasteiger partial charge in [0, 0.05) is 24.0 Å². The van der Waals surface area contributed by atoms with Gasteiger partial charge in [-0.1, -0.05) is 23.7 Å². The van der Waals surface area contributed by atoms with Gasteiger partial charge in [0.1, 0.15) is 17.5 Å². The molecule has 3 N–H and O–H groups in total. The number of hydrogen-bond acceptors (Lipinski definition) is 5. The lowest BCUT2D eigenvalue weighted by atomic mass is 10.1. The number of amides is 1. The van der Waals surface area contributed by atoms with Crippen LogP contribution in [-0.2, 0) is 0 Å². The quantitative estimate of drug-likeness (QED) is 0.654. The van der Waals surface area contributed by atoms with Gasteiger partial charge in [-0.3, -0.25) is 9.59 Å². The molecule has 0 spiro atoms. The van der Waals surface area contributed by atoms with Crippen molar-refractivity contribution in [1.82, 2.24) is 15.0 Å². The van der Waals surface area contributed by atoms with Crippen LogP contribution in [0.4, 0.5) is 17.3 Å². The zero-order chi connectivity index (χ0) is 18.7. The Bertz CT molecular complexity index is 1010. The van der Waals surface area contributed by atoms with Crippen molar-refractivity contribution in [3.63, 3.8) is 0 Å². The first-order valence-electron chi connectivity index (χ1n) is 7.80. The average molecular weight is 370 g/mol. The Labute approximate surface area is 154 Å². The van der Waals surface area contributed by atoms with Crippen LogP contribution in [0, 0.1) is 13.8 Å². The fourth-order valence-electron chi connectivity index (χ4n) is 2.46. The zero-order valence-electron chi connectivity index (χ0n) is 14.1. The van der Waals surface area contributed by atoms with Crippen molar-refractivity contribution in [3.05, 3.63) is 74.9 Å². The highest BCUT2D eigenvalue weighted by molar-refractivity contribution is 6.34. The molecule has 8 heteroatoms. The number of halogens is 1. The maximum absolute atomic E-state index is 12.5. The van der Waals surface area contributed by atoms with E-state index in [-0.39, 0.29) is 11.5 Å². The first-order chi connectivity index (χ1) is 12.4. The maximum Gasteiger partial charge on any atom is 0.257 e. The van der Waals surface area contributed by atoms with Crippen LogP contribution in [0.3, 0.4) is 0 Å². The molecule has 0 saturated heterocycles. The molecule has 3 aromatic rings. The molecule has 0 bridgehead atoms. The lowest BCUT2D eigenvalue weighted by Gasteiger charge is -2.11. The van der Waals surface area contributed by atoms with E-state index in [1.54, 1.807) is 31.2 Å². The van der Waals surface area contributed by atoms with Gasteiger partial charge < -0.3 is 15.6 Å². The third kappa shape index (κ3) is 4.07. The first kappa shape index (κ1) is 17.6. The molecule has 1 amide bonds. The monoisotopic (exact) mass is 369 g/mol. The highest BCUT2D eigenvalue weighted by atomic mass is 35.5.